The van der Waals surface area contributed by atoms with E-state index in [-0.39, 0.29) is 11.9 Å². The molecular weight excluding hydrogens is 268 g/mol. The molecule has 0 spiro atoms. The Hall–Kier alpha value is -1.14. The monoisotopic (exact) mass is 296 g/mol. The van der Waals surface area contributed by atoms with Crippen molar-refractivity contribution in [3.8, 4) is 0 Å². The van der Waals surface area contributed by atoms with Gasteiger partial charge in [-0.2, -0.15) is 0 Å². The van der Waals surface area contributed by atoms with Crippen LogP contribution in [0.25, 0.3) is 0 Å². The molecule has 2 atom stereocenters. The van der Waals surface area contributed by atoms with Crippen LogP contribution >= 0.6 is 0 Å². The summed E-state index contributed by atoms with van der Waals surface area (Å²) in [5.41, 5.74) is 0. The van der Waals surface area contributed by atoms with Crippen molar-refractivity contribution in [1.82, 2.24) is 20.9 Å². The Labute approximate surface area is 127 Å². The summed E-state index contributed by atoms with van der Waals surface area (Å²) in [4.78, 5) is 25.7. The van der Waals surface area contributed by atoms with Gasteiger partial charge in [0.25, 0.3) is 0 Å². The summed E-state index contributed by atoms with van der Waals surface area (Å²) >= 11 is 0. The predicted molar refractivity (Wildman–Crippen MR) is 82.0 cm³/mol. The maximum absolute atomic E-state index is 12.0. The number of fused-ring (bicyclic) bond motifs is 2. The summed E-state index contributed by atoms with van der Waals surface area (Å²) in [5, 5.41) is 8.69. The zero-order chi connectivity index (χ0) is 15.2. The molecule has 2 saturated heterocycles. The number of hydrogen-bond donors (Lipinski definition) is 3. The van der Waals surface area contributed by atoms with Crippen LogP contribution in [-0.2, 0) is 4.79 Å². The minimum absolute atomic E-state index is 0.212. The first-order chi connectivity index (χ1) is 10.1. The smallest absolute Gasteiger partial charge is 0.321 e. The number of likely N-dealkylation sites (N-methyl/N-ethyl adjacent to an activating group) is 1. The number of nitrogens with zero attached hydrogens (tertiary/aromatic N) is 1. The summed E-state index contributed by atoms with van der Waals surface area (Å²) in [5.74, 6) is -0.212. The van der Waals surface area contributed by atoms with Crippen LogP contribution in [0.15, 0.2) is 0 Å². The lowest BCUT2D eigenvalue weighted by atomic mass is 9.98. The van der Waals surface area contributed by atoms with E-state index < -0.39 is 0 Å². The second-order valence-corrected chi connectivity index (χ2v) is 6.13. The number of rotatable bonds is 6. The first-order valence-electron chi connectivity index (χ1n) is 8.20. The minimum atomic E-state index is -0.386. The Morgan fingerprint density at radius 3 is 2.43 bits per heavy atom. The molecule has 0 aliphatic carbocycles. The molecule has 120 valence electrons. The summed E-state index contributed by atoms with van der Waals surface area (Å²) in [6, 6.07) is 1.29. The highest BCUT2D eigenvalue weighted by atomic mass is 16.2. The Morgan fingerprint density at radius 2 is 1.86 bits per heavy atom. The van der Waals surface area contributed by atoms with Gasteiger partial charge in [0.2, 0.25) is 5.91 Å². The first kappa shape index (κ1) is 16.2. The van der Waals surface area contributed by atoms with Gasteiger partial charge in [-0.15, -0.1) is 0 Å². The molecule has 2 aliphatic heterocycles. The number of amides is 3. The molecule has 3 N–H and O–H groups in total. The van der Waals surface area contributed by atoms with Crippen LogP contribution in [0.3, 0.4) is 0 Å². The van der Waals surface area contributed by atoms with Crippen molar-refractivity contribution < 1.29 is 9.59 Å². The minimum Gasteiger partial charge on any atom is -0.338 e. The molecule has 2 aliphatic rings. The molecule has 2 unspecified atom stereocenters. The number of carbonyl (C=O) groups excluding carboxylic acids is 2. The molecule has 0 aromatic rings. The standard InChI is InChI=1S/C15H28N4O2/c1-3-7-16-15(21)18-14(20)10-19(4-2)13-8-11-5-6-12(9-13)17-11/h11-13,17H,3-10H2,1-2H3,(H2,16,18,20,21). The molecule has 2 bridgehead atoms. The van der Waals surface area contributed by atoms with Gasteiger partial charge in [-0.1, -0.05) is 13.8 Å². The quantitative estimate of drug-likeness (QED) is 0.679. The number of hydrogen-bond acceptors (Lipinski definition) is 4. The fraction of sp³-hybridized carbons (Fsp3) is 0.867. The van der Waals surface area contributed by atoms with Crippen LogP contribution in [0.1, 0.15) is 46.0 Å². The summed E-state index contributed by atoms with van der Waals surface area (Å²) < 4.78 is 0. The first-order valence-corrected chi connectivity index (χ1v) is 8.20. The van der Waals surface area contributed by atoms with Gasteiger partial charge in [0.1, 0.15) is 0 Å². The molecule has 2 rings (SSSR count). The van der Waals surface area contributed by atoms with E-state index in [1.807, 2.05) is 6.92 Å². The van der Waals surface area contributed by atoms with Crippen LogP contribution in [0.2, 0.25) is 0 Å². The molecule has 2 heterocycles. The predicted octanol–water partition coefficient (Wildman–Crippen LogP) is 0.827. The van der Waals surface area contributed by atoms with E-state index >= 15 is 0 Å². The van der Waals surface area contributed by atoms with Crippen molar-refractivity contribution in [3.63, 3.8) is 0 Å². The number of nitrogens with one attached hydrogen (secondary N) is 3. The molecule has 21 heavy (non-hydrogen) atoms. The highest BCUT2D eigenvalue weighted by Crippen LogP contribution is 2.29. The van der Waals surface area contributed by atoms with Gasteiger partial charge in [-0.05, 0) is 38.6 Å². The molecule has 6 heteroatoms. The molecule has 2 fully saturated rings. The Bertz CT molecular complexity index is 363. The van der Waals surface area contributed by atoms with Gasteiger partial charge in [-0.3, -0.25) is 15.0 Å². The molecule has 0 aromatic heterocycles. The highest BCUT2D eigenvalue weighted by molar-refractivity contribution is 5.95. The van der Waals surface area contributed by atoms with Gasteiger partial charge in [0.05, 0.1) is 6.54 Å². The molecular formula is C15H28N4O2. The lowest BCUT2D eigenvalue weighted by Gasteiger charge is -2.36. The van der Waals surface area contributed by atoms with Crippen LogP contribution in [-0.4, -0.2) is 54.6 Å². The van der Waals surface area contributed by atoms with Gasteiger partial charge in [0, 0.05) is 24.7 Å². The number of carbonyl (C=O) groups is 2. The third kappa shape index (κ3) is 4.68. The van der Waals surface area contributed by atoms with Gasteiger partial charge in [-0.25, -0.2) is 4.79 Å². The molecule has 0 radical (unpaired) electrons. The van der Waals surface area contributed by atoms with Crippen molar-refractivity contribution >= 4 is 11.9 Å². The van der Waals surface area contributed by atoms with Crippen LogP contribution in [0, 0.1) is 0 Å². The van der Waals surface area contributed by atoms with E-state index in [4.69, 9.17) is 0 Å². The van der Waals surface area contributed by atoms with Crippen molar-refractivity contribution in [1.29, 1.82) is 0 Å². The number of imide groups is 1. The maximum atomic E-state index is 12.0. The fourth-order valence-corrected chi connectivity index (χ4v) is 3.46. The third-order valence-electron chi connectivity index (χ3n) is 4.51. The third-order valence-corrected chi connectivity index (χ3v) is 4.51. The topological polar surface area (TPSA) is 73.5 Å². The van der Waals surface area contributed by atoms with E-state index in [0.717, 1.165) is 25.8 Å². The van der Waals surface area contributed by atoms with Gasteiger partial charge < -0.3 is 10.6 Å². The van der Waals surface area contributed by atoms with E-state index in [0.29, 0.717) is 31.2 Å². The SMILES string of the molecule is CCCNC(=O)NC(=O)CN(CC)C1CC2CCC(C1)N2. The van der Waals surface area contributed by atoms with Crippen LogP contribution < -0.4 is 16.0 Å². The van der Waals surface area contributed by atoms with E-state index in [2.05, 4.69) is 27.8 Å². The molecule has 0 saturated carbocycles. The number of urea groups is 1. The number of piperidine rings is 1. The van der Waals surface area contributed by atoms with Crippen molar-refractivity contribution in [2.45, 2.75) is 64.1 Å². The van der Waals surface area contributed by atoms with Crippen molar-refractivity contribution in [3.05, 3.63) is 0 Å². The Morgan fingerprint density at radius 1 is 1.19 bits per heavy atom. The zero-order valence-corrected chi connectivity index (χ0v) is 13.2. The second-order valence-electron chi connectivity index (χ2n) is 6.13. The average Bonchev–Trinajstić information content (AvgIpc) is 2.81. The average molecular weight is 296 g/mol. The molecule has 3 amide bonds. The molecule has 6 nitrogen and oxygen atoms in total. The lowest BCUT2D eigenvalue weighted by Crippen LogP contribution is -2.52. The summed E-state index contributed by atoms with van der Waals surface area (Å²) in [6.07, 6.45) is 5.59. The Balaban J connectivity index is 1.78. The second kappa shape index (κ2) is 7.75. The Kier molecular flexibility index (Phi) is 5.99. The lowest BCUT2D eigenvalue weighted by molar-refractivity contribution is -0.121. The van der Waals surface area contributed by atoms with E-state index in [1.54, 1.807) is 0 Å². The van der Waals surface area contributed by atoms with Gasteiger partial charge in [0.15, 0.2) is 0 Å². The van der Waals surface area contributed by atoms with E-state index in [1.165, 1.54) is 12.8 Å². The highest BCUT2D eigenvalue weighted by Gasteiger charge is 2.36. The summed E-state index contributed by atoms with van der Waals surface area (Å²) in [7, 11) is 0. The van der Waals surface area contributed by atoms with Gasteiger partial charge >= 0.3 is 6.03 Å². The normalized spacial score (nSPS) is 27.7. The van der Waals surface area contributed by atoms with Crippen molar-refractivity contribution in [2.24, 2.45) is 0 Å². The zero-order valence-electron chi connectivity index (χ0n) is 13.2. The maximum Gasteiger partial charge on any atom is 0.321 e. The van der Waals surface area contributed by atoms with Crippen molar-refractivity contribution in [2.75, 3.05) is 19.6 Å². The largest absolute Gasteiger partial charge is 0.338 e. The summed E-state index contributed by atoms with van der Waals surface area (Å²) in [6.45, 7) is 5.79. The molecule has 0 aromatic carbocycles. The van der Waals surface area contributed by atoms with E-state index in [9.17, 15) is 9.59 Å². The fourth-order valence-electron chi connectivity index (χ4n) is 3.46. The van der Waals surface area contributed by atoms with Crippen LogP contribution in [0.5, 0.6) is 0 Å². The van der Waals surface area contributed by atoms with Crippen LogP contribution in [0.4, 0.5) is 4.79 Å².